The van der Waals surface area contributed by atoms with Gasteiger partial charge in [0.25, 0.3) is 0 Å². The van der Waals surface area contributed by atoms with Crippen LogP contribution in [0.1, 0.15) is 58.6 Å². The highest BCUT2D eigenvalue weighted by Crippen LogP contribution is 2.24. The molecule has 0 aliphatic carbocycles. The largest absolute Gasteiger partial charge is 0.444 e. The summed E-state index contributed by atoms with van der Waals surface area (Å²) in [5.74, 6) is 0.699. The average molecular weight is 418 g/mol. The van der Waals surface area contributed by atoms with Gasteiger partial charge in [0.15, 0.2) is 0 Å². The number of hydrogen-bond donors (Lipinski definition) is 1. The number of rotatable bonds is 5. The number of anilines is 1. The van der Waals surface area contributed by atoms with Gasteiger partial charge in [0.1, 0.15) is 5.60 Å². The first-order chi connectivity index (χ1) is 14.2. The van der Waals surface area contributed by atoms with E-state index in [0.717, 1.165) is 64.2 Å². The summed E-state index contributed by atoms with van der Waals surface area (Å²) in [5, 5.41) is 9.82. The topological polar surface area (TPSA) is 56.2 Å². The van der Waals surface area contributed by atoms with Gasteiger partial charge in [-0.3, -0.25) is 4.90 Å². The van der Waals surface area contributed by atoms with Crippen molar-refractivity contribution in [2.24, 2.45) is 5.92 Å². The first-order valence-corrected chi connectivity index (χ1v) is 11.4. The van der Waals surface area contributed by atoms with E-state index in [1.165, 1.54) is 12.1 Å². The van der Waals surface area contributed by atoms with E-state index in [1.54, 1.807) is 0 Å². The SMILES string of the molecule is CC(O)c1cccc(N2CCN(CCC3CCN(C(=O)OC(C)(C)C)CC3)CC2)c1. The summed E-state index contributed by atoms with van der Waals surface area (Å²) < 4.78 is 5.49. The van der Waals surface area contributed by atoms with Crippen LogP contribution < -0.4 is 4.90 Å². The lowest BCUT2D eigenvalue weighted by atomic mass is 9.93. The van der Waals surface area contributed by atoms with Crippen LogP contribution in [-0.4, -0.2) is 72.4 Å². The molecule has 30 heavy (non-hydrogen) atoms. The minimum absolute atomic E-state index is 0.170. The molecule has 2 saturated heterocycles. The minimum Gasteiger partial charge on any atom is -0.444 e. The zero-order valence-electron chi connectivity index (χ0n) is 19.1. The molecule has 6 nitrogen and oxygen atoms in total. The molecule has 1 N–H and O–H groups in total. The average Bonchev–Trinajstić information content (AvgIpc) is 2.72. The van der Waals surface area contributed by atoms with Crippen LogP contribution in [0.4, 0.5) is 10.5 Å². The third-order valence-corrected chi connectivity index (χ3v) is 6.21. The predicted octanol–water partition coefficient (Wildman–Crippen LogP) is 3.90. The second kappa shape index (κ2) is 10.0. The molecular formula is C24H39N3O3. The van der Waals surface area contributed by atoms with Gasteiger partial charge in [-0.1, -0.05) is 12.1 Å². The van der Waals surface area contributed by atoms with Crippen LogP contribution in [0.15, 0.2) is 24.3 Å². The normalized spacial score (nSPS) is 20.3. The molecule has 0 saturated carbocycles. The van der Waals surface area contributed by atoms with E-state index in [2.05, 4.69) is 21.9 Å². The number of nitrogens with zero attached hydrogens (tertiary/aromatic N) is 3. The zero-order chi connectivity index (χ0) is 21.7. The second-order valence-electron chi connectivity index (χ2n) is 9.80. The number of aliphatic hydroxyl groups is 1. The third-order valence-electron chi connectivity index (χ3n) is 6.21. The number of carbonyl (C=O) groups is 1. The fourth-order valence-electron chi connectivity index (χ4n) is 4.31. The highest BCUT2D eigenvalue weighted by Gasteiger charge is 2.27. The van der Waals surface area contributed by atoms with Gasteiger partial charge in [-0.2, -0.15) is 0 Å². The number of hydrogen-bond acceptors (Lipinski definition) is 5. The summed E-state index contributed by atoms with van der Waals surface area (Å²) in [5.41, 5.74) is 1.77. The van der Waals surface area contributed by atoms with Crippen molar-refractivity contribution in [3.05, 3.63) is 29.8 Å². The second-order valence-corrected chi connectivity index (χ2v) is 9.80. The van der Waals surface area contributed by atoms with E-state index in [4.69, 9.17) is 4.74 Å². The van der Waals surface area contributed by atoms with E-state index >= 15 is 0 Å². The molecule has 2 aliphatic heterocycles. The molecule has 2 aliphatic rings. The molecule has 0 aromatic heterocycles. The van der Waals surface area contributed by atoms with E-state index in [0.29, 0.717) is 5.92 Å². The van der Waals surface area contributed by atoms with Crippen molar-refractivity contribution in [1.82, 2.24) is 9.80 Å². The summed E-state index contributed by atoms with van der Waals surface area (Å²) in [7, 11) is 0. The van der Waals surface area contributed by atoms with E-state index in [9.17, 15) is 9.90 Å². The Kier molecular flexibility index (Phi) is 7.64. The van der Waals surface area contributed by atoms with Crippen molar-refractivity contribution in [3.8, 4) is 0 Å². The number of ether oxygens (including phenoxy) is 1. The lowest BCUT2D eigenvalue weighted by Crippen LogP contribution is -2.47. The molecule has 1 aromatic rings. The molecule has 0 radical (unpaired) electrons. The van der Waals surface area contributed by atoms with Gasteiger partial charge in [0, 0.05) is 45.0 Å². The fourth-order valence-corrected chi connectivity index (χ4v) is 4.31. The molecule has 3 rings (SSSR count). The number of carbonyl (C=O) groups excluding carboxylic acids is 1. The quantitative estimate of drug-likeness (QED) is 0.787. The number of likely N-dealkylation sites (tertiary alicyclic amines) is 1. The maximum atomic E-state index is 12.2. The van der Waals surface area contributed by atoms with Gasteiger partial charge in [-0.15, -0.1) is 0 Å². The van der Waals surface area contributed by atoms with Crippen molar-refractivity contribution in [2.45, 2.75) is 58.7 Å². The van der Waals surface area contributed by atoms with Crippen LogP contribution in [0.25, 0.3) is 0 Å². The Balaban J connectivity index is 1.37. The van der Waals surface area contributed by atoms with Crippen LogP contribution in [0, 0.1) is 5.92 Å². The summed E-state index contributed by atoms with van der Waals surface area (Å²) in [4.78, 5) is 19.1. The van der Waals surface area contributed by atoms with Crippen LogP contribution in [0.2, 0.25) is 0 Å². The van der Waals surface area contributed by atoms with Gasteiger partial charge in [-0.25, -0.2) is 4.79 Å². The molecule has 2 heterocycles. The smallest absolute Gasteiger partial charge is 0.410 e. The molecule has 6 heteroatoms. The lowest BCUT2D eigenvalue weighted by molar-refractivity contribution is 0.0177. The highest BCUT2D eigenvalue weighted by molar-refractivity contribution is 5.68. The highest BCUT2D eigenvalue weighted by atomic mass is 16.6. The number of piperazine rings is 1. The van der Waals surface area contributed by atoms with Gasteiger partial charge in [0.2, 0.25) is 0 Å². The molecule has 1 atom stereocenters. The Morgan fingerprint density at radius 1 is 1.13 bits per heavy atom. The van der Waals surface area contributed by atoms with Gasteiger partial charge in [0.05, 0.1) is 6.10 Å². The van der Waals surface area contributed by atoms with Crippen LogP contribution in [0.3, 0.4) is 0 Å². The molecule has 1 amide bonds. The molecule has 0 bridgehead atoms. The lowest BCUT2D eigenvalue weighted by Gasteiger charge is -2.38. The van der Waals surface area contributed by atoms with E-state index in [-0.39, 0.29) is 6.09 Å². The van der Waals surface area contributed by atoms with Gasteiger partial charge in [-0.05, 0) is 77.1 Å². The molecular weight excluding hydrogens is 378 g/mol. The van der Waals surface area contributed by atoms with Gasteiger partial charge < -0.3 is 19.6 Å². The molecule has 2 fully saturated rings. The van der Waals surface area contributed by atoms with Crippen molar-refractivity contribution in [1.29, 1.82) is 0 Å². The van der Waals surface area contributed by atoms with Crippen LogP contribution in [0.5, 0.6) is 0 Å². The maximum Gasteiger partial charge on any atom is 0.410 e. The Hall–Kier alpha value is -1.79. The Morgan fingerprint density at radius 2 is 1.80 bits per heavy atom. The minimum atomic E-state index is -0.423. The van der Waals surface area contributed by atoms with Crippen molar-refractivity contribution < 1.29 is 14.6 Å². The number of amides is 1. The maximum absolute atomic E-state index is 12.2. The van der Waals surface area contributed by atoms with Crippen LogP contribution >= 0.6 is 0 Å². The third kappa shape index (κ3) is 6.61. The zero-order valence-corrected chi connectivity index (χ0v) is 19.1. The van der Waals surface area contributed by atoms with E-state index in [1.807, 2.05) is 44.7 Å². The van der Waals surface area contributed by atoms with Crippen molar-refractivity contribution in [3.63, 3.8) is 0 Å². The monoisotopic (exact) mass is 417 g/mol. The Labute approximate surface area is 181 Å². The molecule has 0 spiro atoms. The number of benzene rings is 1. The van der Waals surface area contributed by atoms with Gasteiger partial charge >= 0.3 is 6.09 Å². The van der Waals surface area contributed by atoms with Crippen molar-refractivity contribution in [2.75, 3.05) is 50.7 Å². The molecule has 1 aromatic carbocycles. The summed E-state index contributed by atoms with van der Waals surface area (Å²) in [6.45, 7) is 14.5. The Morgan fingerprint density at radius 3 is 2.40 bits per heavy atom. The summed E-state index contributed by atoms with van der Waals surface area (Å²) in [6.07, 6.45) is 2.76. The summed E-state index contributed by atoms with van der Waals surface area (Å²) >= 11 is 0. The Bertz CT molecular complexity index is 685. The number of piperidine rings is 1. The molecule has 168 valence electrons. The number of aliphatic hydroxyl groups excluding tert-OH is 1. The fraction of sp³-hybridized carbons (Fsp3) is 0.708. The molecule has 1 unspecified atom stereocenters. The van der Waals surface area contributed by atoms with Crippen LogP contribution in [-0.2, 0) is 4.74 Å². The first kappa shape index (κ1) is 22.9. The standard InChI is InChI=1S/C24H39N3O3/c1-19(28)21-6-5-7-22(18-21)26-16-14-25(15-17-26)11-8-20-9-12-27(13-10-20)23(29)30-24(2,3)4/h5-7,18-20,28H,8-17H2,1-4H3. The summed E-state index contributed by atoms with van der Waals surface area (Å²) in [6, 6.07) is 8.27. The van der Waals surface area contributed by atoms with E-state index < -0.39 is 11.7 Å². The van der Waals surface area contributed by atoms with Crippen molar-refractivity contribution >= 4 is 11.8 Å². The first-order valence-electron chi connectivity index (χ1n) is 11.4. The predicted molar refractivity (Wildman–Crippen MR) is 121 cm³/mol.